The number of H-pyrrole nitrogens is 1. The van der Waals surface area contributed by atoms with Gasteiger partial charge in [-0.3, -0.25) is 0 Å². The average Bonchev–Trinajstić information content (AvgIpc) is 2.83. The van der Waals surface area contributed by atoms with Crippen LogP contribution in [0.2, 0.25) is 0 Å². The number of nitrogens with one attached hydrogen (secondary N) is 1. The number of benzene rings is 1. The Morgan fingerprint density at radius 3 is 3.05 bits per heavy atom. The van der Waals surface area contributed by atoms with E-state index < -0.39 is 0 Å². The average molecular weight is 260 g/mol. The van der Waals surface area contributed by atoms with Gasteiger partial charge in [-0.15, -0.1) is 0 Å². The molecule has 1 fully saturated rings. The molecule has 0 spiro atoms. The van der Waals surface area contributed by atoms with Gasteiger partial charge in [-0.2, -0.15) is 5.06 Å². The second kappa shape index (κ2) is 5.63. The molecule has 1 atom stereocenters. The van der Waals surface area contributed by atoms with Crippen molar-refractivity contribution in [3.05, 3.63) is 30.3 Å². The maximum absolute atomic E-state index is 9.75. The summed E-state index contributed by atoms with van der Waals surface area (Å²) in [5.74, 6) is 0.807. The number of nitrogens with zero attached hydrogens (tertiary/aromatic N) is 1. The summed E-state index contributed by atoms with van der Waals surface area (Å²) in [7, 11) is 0. The monoisotopic (exact) mass is 260 g/mol. The van der Waals surface area contributed by atoms with Gasteiger partial charge in [-0.05, 0) is 25.3 Å². The summed E-state index contributed by atoms with van der Waals surface area (Å²) >= 11 is 0. The standard InChI is InChI=1S/C15H20N2O2/c18-17-9-4-3-6-13(17)8-10-19-15-11-12-5-1-2-7-14(12)16-15/h1-2,5,7,11,13,16,18H,3-4,6,8-10H2. The van der Waals surface area contributed by atoms with E-state index in [0.717, 1.165) is 37.2 Å². The van der Waals surface area contributed by atoms with E-state index in [1.807, 2.05) is 24.3 Å². The van der Waals surface area contributed by atoms with Crippen LogP contribution in [0.15, 0.2) is 30.3 Å². The zero-order valence-electron chi connectivity index (χ0n) is 11.0. The molecule has 1 aromatic heterocycles. The Balaban J connectivity index is 1.54. The number of aromatic nitrogens is 1. The van der Waals surface area contributed by atoms with Crippen molar-refractivity contribution < 1.29 is 9.94 Å². The molecule has 0 radical (unpaired) electrons. The molecule has 0 aliphatic carbocycles. The maximum Gasteiger partial charge on any atom is 0.191 e. The number of hydrogen-bond donors (Lipinski definition) is 2. The van der Waals surface area contributed by atoms with Crippen LogP contribution in [0.3, 0.4) is 0 Å². The number of hydroxylamine groups is 2. The fraction of sp³-hybridized carbons (Fsp3) is 0.467. The van der Waals surface area contributed by atoms with Crippen molar-refractivity contribution >= 4 is 10.9 Å². The second-order valence-electron chi connectivity index (χ2n) is 5.17. The summed E-state index contributed by atoms with van der Waals surface area (Å²) in [5, 5.41) is 12.4. The Kier molecular flexibility index (Phi) is 3.71. The molecule has 2 aromatic rings. The van der Waals surface area contributed by atoms with Crippen LogP contribution >= 0.6 is 0 Å². The lowest BCUT2D eigenvalue weighted by Gasteiger charge is -2.30. The molecule has 1 aliphatic rings. The Hall–Kier alpha value is -1.52. The first kappa shape index (κ1) is 12.5. The highest BCUT2D eigenvalue weighted by Crippen LogP contribution is 2.21. The van der Waals surface area contributed by atoms with Gasteiger partial charge in [-0.25, -0.2) is 0 Å². The largest absolute Gasteiger partial charge is 0.479 e. The van der Waals surface area contributed by atoms with Crippen LogP contribution in [0.25, 0.3) is 10.9 Å². The first-order valence-corrected chi connectivity index (χ1v) is 6.99. The maximum atomic E-state index is 9.75. The van der Waals surface area contributed by atoms with E-state index in [9.17, 15) is 5.21 Å². The zero-order valence-corrected chi connectivity index (χ0v) is 11.0. The number of aromatic amines is 1. The number of hydrogen-bond acceptors (Lipinski definition) is 3. The van der Waals surface area contributed by atoms with Crippen molar-refractivity contribution in [2.24, 2.45) is 0 Å². The van der Waals surface area contributed by atoms with Crippen molar-refractivity contribution in [2.75, 3.05) is 13.2 Å². The minimum Gasteiger partial charge on any atom is -0.479 e. The lowest BCUT2D eigenvalue weighted by Crippen LogP contribution is -2.37. The third kappa shape index (κ3) is 2.91. The molecule has 102 valence electrons. The third-order valence-electron chi connectivity index (χ3n) is 3.81. The molecule has 2 N–H and O–H groups in total. The molecule has 4 heteroatoms. The van der Waals surface area contributed by atoms with E-state index in [-0.39, 0.29) is 6.04 Å². The predicted molar refractivity (Wildman–Crippen MR) is 74.5 cm³/mol. The van der Waals surface area contributed by atoms with Crippen molar-refractivity contribution in [1.82, 2.24) is 10.0 Å². The van der Waals surface area contributed by atoms with Gasteiger partial charge < -0.3 is 14.9 Å². The molecule has 1 aromatic carbocycles. The van der Waals surface area contributed by atoms with E-state index in [4.69, 9.17) is 4.74 Å². The van der Waals surface area contributed by atoms with Gasteiger partial charge in [0.15, 0.2) is 5.88 Å². The Morgan fingerprint density at radius 2 is 2.21 bits per heavy atom. The summed E-state index contributed by atoms with van der Waals surface area (Å²) < 4.78 is 5.75. The van der Waals surface area contributed by atoms with Gasteiger partial charge in [0, 0.05) is 29.6 Å². The van der Waals surface area contributed by atoms with Crippen molar-refractivity contribution in [3.63, 3.8) is 0 Å². The van der Waals surface area contributed by atoms with Crippen LogP contribution in [0.5, 0.6) is 5.88 Å². The molecule has 19 heavy (non-hydrogen) atoms. The number of ether oxygens (including phenoxy) is 1. The van der Waals surface area contributed by atoms with Crippen LogP contribution in [-0.4, -0.2) is 34.4 Å². The van der Waals surface area contributed by atoms with E-state index >= 15 is 0 Å². The molecule has 1 saturated heterocycles. The molecule has 1 aliphatic heterocycles. The number of piperidine rings is 1. The van der Waals surface area contributed by atoms with Gasteiger partial charge in [0.1, 0.15) is 0 Å². The minimum absolute atomic E-state index is 0.248. The SMILES string of the molecule is ON1CCCCC1CCOc1cc2ccccc2[nH]1. The molecule has 3 rings (SSSR count). The van der Waals surface area contributed by atoms with Crippen LogP contribution in [0.1, 0.15) is 25.7 Å². The molecule has 0 bridgehead atoms. The van der Waals surface area contributed by atoms with E-state index in [1.165, 1.54) is 16.9 Å². The number of fused-ring (bicyclic) bond motifs is 1. The first-order chi connectivity index (χ1) is 9.33. The van der Waals surface area contributed by atoms with Gasteiger partial charge in [0.05, 0.1) is 6.61 Å². The summed E-state index contributed by atoms with van der Waals surface area (Å²) in [4.78, 5) is 3.25. The van der Waals surface area contributed by atoms with E-state index in [1.54, 1.807) is 0 Å². The van der Waals surface area contributed by atoms with Crippen LogP contribution < -0.4 is 4.74 Å². The van der Waals surface area contributed by atoms with E-state index in [2.05, 4.69) is 11.1 Å². The van der Waals surface area contributed by atoms with Crippen LogP contribution in [0.4, 0.5) is 0 Å². The van der Waals surface area contributed by atoms with Crippen molar-refractivity contribution in [3.8, 4) is 5.88 Å². The highest BCUT2D eigenvalue weighted by Gasteiger charge is 2.20. The second-order valence-corrected chi connectivity index (χ2v) is 5.17. The highest BCUT2D eigenvalue weighted by molar-refractivity contribution is 5.81. The highest BCUT2D eigenvalue weighted by atomic mass is 16.5. The van der Waals surface area contributed by atoms with Crippen LogP contribution in [-0.2, 0) is 0 Å². The molecule has 0 saturated carbocycles. The smallest absolute Gasteiger partial charge is 0.191 e. The summed E-state index contributed by atoms with van der Waals surface area (Å²) in [5.41, 5.74) is 1.10. The Bertz CT molecular complexity index is 505. The van der Waals surface area contributed by atoms with Crippen molar-refractivity contribution in [1.29, 1.82) is 0 Å². The van der Waals surface area contributed by atoms with Crippen LogP contribution in [0, 0.1) is 0 Å². The molecule has 0 amide bonds. The molecule has 1 unspecified atom stereocenters. The normalized spacial score (nSPS) is 20.8. The topological polar surface area (TPSA) is 48.5 Å². The Labute approximate surface area is 112 Å². The predicted octanol–water partition coefficient (Wildman–Crippen LogP) is 3.18. The zero-order chi connectivity index (χ0) is 13.1. The molecule has 2 heterocycles. The quantitative estimate of drug-likeness (QED) is 0.887. The minimum atomic E-state index is 0.248. The summed E-state index contributed by atoms with van der Waals surface area (Å²) in [6, 6.07) is 10.4. The lowest BCUT2D eigenvalue weighted by atomic mass is 10.0. The fourth-order valence-electron chi connectivity index (χ4n) is 2.71. The molecular weight excluding hydrogens is 240 g/mol. The first-order valence-electron chi connectivity index (χ1n) is 6.99. The van der Waals surface area contributed by atoms with E-state index in [0.29, 0.717) is 6.61 Å². The summed E-state index contributed by atoms with van der Waals surface area (Å²) in [6.45, 7) is 1.42. The lowest BCUT2D eigenvalue weighted by molar-refractivity contribution is -0.145. The Morgan fingerprint density at radius 1 is 1.32 bits per heavy atom. The van der Waals surface area contributed by atoms with Gasteiger partial charge in [-0.1, -0.05) is 24.6 Å². The number of para-hydroxylation sites is 1. The molecular formula is C15H20N2O2. The molecule has 4 nitrogen and oxygen atoms in total. The van der Waals surface area contributed by atoms with Gasteiger partial charge >= 0.3 is 0 Å². The summed E-state index contributed by atoms with van der Waals surface area (Å²) in [6.07, 6.45) is 4.22. The number of rotatable bonds is 4. The fourth-order valence-corrected chi connectivity index (χ4v) is 2.71. The van der Waals surface area contributed by atoms with Crippen molar-refractivity contribution in [2.45, 2.75) is 31.7 Å². The van der Waals surface area contributed by atoms with Gasteiger partial charge in [0.25, 0.3) is 0 Å². The third-order valence-corrected chi connectivity index (χ3v) is 3.81. The van der Waals surface area contributed by atoms with Gasteiger partial charge in [0.2, 0.25) is 0 Å².